The summed E-state index contributed by atoms with van der Waals surface area (Å²) in [6.45, 7) is 0.204. The van der Waals surface area contributed by atoms with Gasteiger partial charge in [-0.05, 0) is 45.6 Å². The van der Waals surface area contributed by atoms with Crippen molar-refractivity contribution in [1.82, 2.24) is 0 Å². The molecule has 0 saturated carbocycles. The fourth-order valence-electron chi connectivity index (χ4n) is 1.54. The lowest BCUT2D eigenvalue weighted by Crippen LogP contribution is -2.15. The molecular formula is C13H13BrN2O2S. The highest BCUT2D eigenvalue weighted by molar-refractivity contribution is 9.10. The lowest BCUT2D eigenvalue weighted by Gasteiger charge is -2.08. The number of thiophene rings is 1. The largest absolute Gasteiger partial charge is 0.387 e. The molecule has 3 N–H and O–H groups in total. The molecule has 0 spiro atoms. The van der Waals surface area contributed by atoms with E-state index in [1.165, 1.54) is 4.88 Å². The molecule has 4 nitrogen and oxygen atoms in total. The summed E-state index contributed by atoms with van der Waals surface area (Å²) in [7, 11) is 0. The van der Waals surface area contributed by atoms with E-state index >= 15 is 0 Å². The van der Waals surface area contributed by atoms with Crippen LogP contribution in [0.2, 0.25) is 0 Å². The van der Waals surface area contributed by atoms with Gasteiger partial charge in [0.15, 0.2) is 0 Å². The lowest BCUT2D eigenvalue weighted by molar-refractivity contribution is -0.118. The van der Waals surface area contributed by atoms with Crippen LogP contribution in [0.5, 0.6) is 0 Å². The molecule has 19 heavy (non-hydrogen) atoms. The van der Waals surface area contributed by atoms with Crippen LogP contribution in [0.15, 0.2) is 40.2 Å². The molecule has 0 fully saturated rings. The van der Waals surface area contributed by atoms with E-state index in [2.05, 4.69) is 26.6 Å². The summed E-state index contributed by atoms with van der Waals surface area (Å²) in [6, 6.07) is 9.39. The monoisotopic (exact) mass is 340 g/mol. The predicted molar refractivity (Wildman–Crippen MR) is 81.5 cm³/mol. The first-order chi connectivity index (χ1) is 9.19. The third-order valence-corrected chi connectivity index (χ3v) is 4.36. The number of aliphatic hydroxyl groups is 1. The second-order valence-corrected chi connectivity index (χ2v) is 5.69. The van der Waals surface area contributed by atoms with E-state index < -0.39 is 12.5 Å². The van der Waals surface area contributed by atoms with Crippen molar-refractivity contribution in [1.29, 1.82) is 0 Å². The Balaban J connectivity index is 1.99. The zero-order valence-electron chi connectivity index (χ0n) is 10.0. The van der Waals surface area contributed by atoms with Crippen molar-refractivity contribution in [2.45, 2.75) is 6.54 Å². The quantitative estimate of drug-likeness (QED) is 0.783. The van der Waals surface area contributed by atoms with Crippen molar-refractivity contribution in [3.05, 3.63) is 45.1 Å². The first-order valence-electron chi connectivity index (χ1n) is 5.65. The van der Waals surface area contributed by atoms with E-state index in [4.69, 9.17) is 5.11 Å². The number of aliphatic hydroxyl groups excluding tert-OH is 1. The molecule has 0 aliphatic carbocycles. The van der Waals surface area contributed by atoms with E-state index in [9.17, 15) is 4.79 Å². The van der Waals surface area contributed by atoms with Gasteiger partial charge in [-0.1, -0.05) is 6.07 Å². The summed E-state index contributed by atoms with van der Waals surface area (Å²) in [5, 5.41) is 16.6. The predicted octanol–water partition coefficient (Wildman–Crippen LogP) is 3.05. The summed E-state index contributed by atoms with van der Waals surface area (Å²) in [5.74, 6) is -0.418. The Labute approximate surface area is 123 Å². The Kier molecular flexibility index (Phi) is 4.95. The van der Waals surface area contributed by atoms with Gasteiger partial charge < -0.3 is 15.7 Å². The summed E-state index contributed by atoms with van der Waals surface area (Å²) < 4.78 is 1.09. The summed E-state index contributed by atoms with van der Waals surface area (Å²) >= 11 is 5.16. The van der Waals surface area contributed by atoms with E-state index in [0.717, 1.165) is 16.7 Å². The van der Waals surface area contributed by atoms with Gasteiger partial charge in [0.1, 0.15) is 6.61 Å². The second-order valence-electron chi connectivity index (χ2n) is 3.83. The van der Waals surface area contributed by atoms with Crippen LogP contribution in [0.1, 0.15) is 4.88 Å². The van der Waals surface area contributed by atoms with Crippen LogP contribution in [0.3, 0.4) is 0 Å². The van der Waals surface area contributed by atoms with Crippen LogP contribution in [0.25, 0.3) is 0 Å². The third-order valence-electron chi connectivity index (χ3n) is 2.43. The first kappa shape index (κ1) is 14.0. The SMILES string of the molecule is O=C(CO)Nc1cccc(NCc2sccc2Br)c1. The van der Waals surface area contributed by atoms with Crippen molar-refractivity contribution in [2.24, 2.45) is 0 Å². The number of rotatable bonds is 5. The maximum absolute atomic E-state index is 11.1. The minimum atomic E-state index is -0.514. The Hall–Kier alpha value is -1.37. The highest BCUT2D eigenvalue weighted by atomic mass is 79.9. The van der Waals surface area contributed by atoms with Crippen molar-refractivity contribution < 1.29 is 9.90 Å². The van der Waals surface area contributed by atoms with Gasteiger partial charge in [0.2, 0.25) is 5.91 Å². The Morgan fingerprint density at radius 2 is 2.11 bits per heavy atom. The van der Waals surface area contributed by atoms with Gasteiger partial charge in [0.05, 0.1) is 6.54 Å². The fraction of sp³-hybridized carbons (Fsp3) is 0.154. The molecular weight excluding hydrogens is 328 g/mol. The van der Waals surface area contributed by atoms with Gasteiger partial charge in [0.25, 0.3) is 0 Å². The van der Waals surface area contributed by atoms with E-state index in [-0.39, 0.29) is 0 Å². The fourth-order valence-corrected chi connectivity index (χ4v) is 2.97. The number of hydrogen-bond donors (Lipinski definition) is 3. The lowest BCUT2D eigenvalue weighted by atomic mass is 10.2. The number of carbonyl (C=O) groups is 1. The minimum Gasteiger partial charge on any atom is -0.387 e. The second kappa shape index (κ2) is 6.70. The third kappa shape index (κ3) is 4.05. The van der Waals surface area contributed by atoms with Crippen LogP contribution in [-0.4, -0.2) is 17.6 Å². The molecule has 2 rings (SSSR count). The average Bonchev–Trinajstić information content (AvgIpc) is 2.82. The molecule has 0 atom stereocenters. The topological polar surface area (TPSA) is 61.4 Å². The maximum Gasteiger partial charge on any atom is 0.250 e. The molecule has 0 radical (unpaired) electrons. The van der Waals surface area contributed by atoms with E-state index in [1.54, 1.807) is 17.4 Å². The number of hydrogen-bond acceptors (Lipinski definition) is 4. The molecule has 1 aromatic heterocycles. The zero-order chi connectivity index (χ0) is 13.7. The van der Waals surface area contributed by atoms with Crippen molar-refractivity contribution >= 4 is 44.5 Å². The van der Waals surface area contributed by atoms with Gasteiger partial charge in [-0.15, -0.1) is 11.3 Å². The summed E-state index contributed by atoms with van der Waals surface area (Å²) in [6.07, 6.45) is 0. The molecule has 0 bridgehead atoms. The Morgan fingerprint density at radius 1 is 1.32 bits per heavy atom. The van der Waals surface area contributed by atoms with Crippen molar-refractivity contribution in [3.63, 3.8) is 0 Å². The standard InChI is InChI=1S/C13H13BrN2O2S/c14-11-4-5-19-12(11)7-15-9-2-1-3-10(6-9)16-13(18)8-17/h1-6,15,17H,7-8H2,(H,16,18). The molecule has 2 aromatic rings. The zero-order valence-corrected chi connectivity index (χ0v) is 12.4. The Bertz CT molecular complexity index is 571. The number of benzene rings is 1. The molecule has 0 aliphatic heterocycles. The van der Waals surface area contributed by atoms with Gasteiger partial charge in [0, 0.05) is 20.7 Å². The molecule has 1 heterocycles. The highest BCUT2D eigenvalue weighted by Crippen LogP contribution is 2.24. The van der Waals surface area contributed by atoms with Crippen molar-refractivity contribution in [2.75, 3.05) is 17.2 Å². The molecule has 0 unspecified atom stereocenters. The number of carbonyl (C=O) groups excluding carboxylic acids is 1. The van der Waals surface area contributed by atoms with Crippen LogP contribution in [-0.2, 0) is 11.3 Å². The molecule has 0 saturated heterocycles. The van der Waals surface area contributed by atoms with Crippen LogP contribution in [0.4, 0.5) is 11.4 Å². The van der Waals surface area contributed by atoms with Crippen molar-refractivity contribution in [3.8, 4) is 0 Å². The van der Waals surface area contributed by atoms with Crippen LogP contribution >= 0.6 is 27.3 Å². The number of halogens is 1. The maximum atomic E-state index is 11.1. The Morgan fingerprint density at radius 3 is 2.79 bits per heavy atom. The van der Waals surface area contributed by atoms with Gasteiger partial charge in [-0.2, -0.15) is 0 Å². The first-order valence-corrected chi connectivity index (χ1v) is 7.33. The molecule has 0 aliphatic rings. The smallest absolute Gasteiger partial charge is 0.250 e. The van der Waals surface area contributed by atoms with E-state index in [1.807, 2.05) is 29.6 Å². The summed E-state index contributed by atoms with van der Waals surface area (Å²) in [5.41, 5.74) is 1.57. The minimum absolute atomic E-state index is 0.418. The molecule has 6 heteroatoms. The average molecular weight is 341 g/mol. The van der Waals surface area contributed by atoms with Crippen LogP contribution < -0.4 is 10.6 Å². The molecule has 1 amide bonds. The number of amides is 1. The van der Waals surface area contributed by atoms with Gasteiger partial charge >= 0.3 is 0 Å². The van der Waals surface area contributed by atoms with Crippen LogP contribution in [0, 0.1) is 0 Å². The normalized spacial score (nSPS) is 10.2. The van der Waals surface area contributed by atoms with E-state index in [0.29, 0.717) is 5.69 Å². The summed E-state index contributed by atoms with van der Waals surface area (Å²) in [4.78, 5) is 12.3. The number of nitrogens with one attached hydrogen (secondary N) is 2. The molecule has 1 aromatic carbocycles. The van der Waals surface area contributed by atoms with Gasteiger partial charge in [-0.25, -0.2) is 0 Å². The van der Waals surface area contributed by atoms with Gasteiger partial charge in [-0.3, -0.25) is 4.79 Å². The molecule has 100 valence electrons. The highest BCUT2D eigenvalue weighted by Gasteiger charge is 2.03. The number of anilines is 2.